The highest BCUT2D eigenvalue weighted by Crippen LogP contribution is 2.47. The second kappa shape index (κ2) is 7.43. The van der Waals surface area contributed by atoms with E-state index < -0.39 is 13.9 Å². The summed E-state index contributed by atoms with van der Waals surface area (Å²) in [6.45, 7) is 13.7. The molecule has 1 aromatic heterocycles. The van der Waals surface area contributed by atoms with Crippen molar-refractivity contribution < 1.29 is 4.43 Å². The lowest BCUT2D eigenvalue weighted by molar-refractivity contribution is 0.0853. The number of aromatic nitrogens is 2. The summed E-state index contributed by atoms with van der Waals surface area (Å²) in [5.74, 6) is 0. The SMILES string of the molecule is CCC(O[Si](C)(C)C(C)(C)C)(c1cn(C)cn1)c1cccc2ccc(Br)cc12. The summed E-state index contributed by atoms with van der Waals surface area (Å²) in [4.78, 5) is 4.78. The lowest BCUT2D eigenvalue weighted by Gasteiger charge is -2.45. The quantitative estimate of drug-likeness (QED) is 0.384. The number of aryl methyl sites for hydroxylation is 1. The Hall–Kier alpha value is -1.43. The Morgan fingerprint density at radius 2 is 1.86 bits per heavy atom. The standard InChI is InChI=1S/C23H31BrN2OSi/c1-8-23(21-15-26(5)16-25-21,27-28(6,7)22(2,3)4)20-11-9-10-17-12-13-18(24)14-19(17)20/h9-16H,8H2,1-7H3. The summed E-state index contributed by atoms with van der Waals surface area (Å²) in [6, 6.07) is 13.0. The number of halogens is 1. The third-order valence-corrected chi connectivity index (χ3v) is 11.1. The molecule has 28 heavy (non-hydrogen) atoms. The van der Waals surface area contributed by atoms with Gasteiger partial charge in [-0.2, -0.15) is 0 Å². The molecule has 0 saturated carbocycles. The zero-order valence-corrected chi connectivity index (χ0v) is 20.6. The average Bonchev–Trinajstić information content (AvgIpc) is 3.05. The van der Waals surface area contributed by atoms with Gasteiger partial charge in [0.15, 0.2) is 8.32 Å². The number of rotatable bonds is 5. The van der Waals surface area contributed by atoms with Crippen molar-refractivity contribution in [2.45, 2.75) is 57.8 Å². The number of fused-ring (bicyclic) bond motifs is 1. The van der Waals surface area contributed by atoms with Crippen LogP contribution in [0, 0.1) is 0 Å². The van der Waals surface area contributed by atoms with E-state index in [0.717, 1.165) is 16.6 Å². The van der Waals surface area contributed by atoms with Crippen LogP contribution in [-0.2, 0) is 17.1 Å². The highest BCUT2D eigenvalue weighted by Gasteiger charge is 2.47. The van der Waals surface area contributed by atoms with Gasteiger partial charge in [0, 0.05) is 17.7 Å². The monoisotopic (exact) mass is 458 g/mol. The molecule has 0 fully saturated rings. The number of hydrogen-bond acceptors (Lipinski definition) is 2. The van der Waals surface area contributed by atoms with Gasteiger partial charge in [-0.15, -0.1) is 0 Å². The number of benzene rings is 2. The van der Waals surface area contributed by atoms with Crippen LogP contribution in [0.4, 0.5) is 0 Å². The van der Waals surface area contributed by atoms with Gasteiger partial charge in [-0.1, -0.05) is 67.9 Å². The maximum atomic E-state index is 7.22. The zero-order valence-electron chi connectivity index (χ0n) is 18.0. The van der Waals surface area contributed by atoms with Crippen molar-refractivity contribution in [1.82, 2.24) is 9.55 Å². The van der Waals surface area contributed by atoms with Gasteiger partial charge < -0.3 is 8.99 Å². The first-order valence-corrected chi connectivity index (χ1v) is 13.6. The summed E-state index contributed by atoms with van der Waals surface area (Å²) in [5.41, 5.74) is 1.59. The molecule has 2 aromatic carbocycles. The van der Waals surface area contributed by atoms with Gasteiger partial charge in [0.2, 0.25) is 0 Å². The molecule has 1 unspecified atom stereocenters. The molecule has 0 amide bonds. The fourth-order valence-corrected chi connectivity index (χ4v) is 5.39. The van der Waals surface area contributed by atoms with Crippen LogP contribution in [0.3, 0.4) is 0 Å². The van der Waals surface area contributed by atoms with E-state index in [2.05, 4.69) is 99.3 Å². The van der Waals surface area contributed by atoms with Crippen molar-refractivity contribution in [1.29, 1.82) is 0 Å². The van der Waals surface area contributed by atoms with Crippen LogP contribution >= 0.6 is 15.9 Å². The van der Waals surface area contributed by atoms with Crippen molar-refractivity contribution in [2.24, 2.45) is 7.05 Å². The topological polar surface area (TPSA) is 27.1 Å². The molecule has 3 aromatic rings. The van der Waals surface area contributed by atoms with E-state index in [1.165, 1.54) is 16.3 Å². The van der Waals surface area contributed by atoms with Gasteiger partial charge in [0.25, 0.3) is 0 Å². The number of nitrogens with zero attached hydrogens (tertiary/aromatic N) is 2. The molecule has 0 saturated heterocycles. The van der Waals surface area contributed by atoms with Crippen molar-refractivity contribution in [3.63, 3.8) is 0 Å². The predicted octanol–water partition coefficient (Wildman–Crippen LogP) is 7.01. The maximum absolute atomic E-state index is 7.22. The fraction of sp³-hybridized carbons (Fsp3) is 0.435. The zero-order chi connectivity index (χ0) is 20.7. The van der Waals surface area contributed by atoms with E-state index in [4.69, 9.17) is 9.41 Å². The Balaban J connectivity index is 2.33. The summed E-state index contributed by atoms with van der Waals surface area (Å²) < 4.78 is 10.3. The molecule has 0 bridgehead atoms. The Morgan fingerprint density at radius 3 is 2.43 bits per heavy atom. The van der Waals surface area contributed by atoms with E-state index >= 15 is 0 Å². The van der Waals surface area contributed by atoms with Crippen LogP contribution in [-0.4, -0.2) is 17.9 Å². The molecule has 3 rings (SSSR count). The molecule has 1 heterocycles. The lowest BCUT2D eigenvalue weighted by Crippen LogP contribution is -2.49. The minimum Gasteiger partial charge on any atom is -0.402 e. The van der Waals surface area contributed by atoms with Gasteiger partial charge >= 0.3 is 0 Å². The lowest BCUT2D eigenvalue weighted by atomic mass is 9.85. The Bertz CT molecular complexity index is 990. The van der Waals surface area contributed by atoms with E-state index in [9.17, 15) is 0 Å². The molecule has 0 aliphatic rings. The van der Waals surface area contributed by atoms with E-state index in [1.807, 2.05) is 17.9 Å². The predicted molar refractivity (Wildman–Crippen MR) is 124 cm³/mol. The first-order chi connectivity index (χ1) is 13.0. The molecule has 0 N–H and O–H groups in total. The van der Waals surface area contributed by atoms with Gasteiger partial charge in [0.05, 0.1) is 12.0 Å². The second-order valence-electron chi connectivity index (χ2n) is 9.14. The molecular formula is C23H31BrN2OSi. The van der Waals surface area contributed by atoms with E-state index in [0.29, 0.717) is 0 Å². The van der Waals surface area contributed by atoms with Crippen LogP contribution in [0.2, 0.25) is 18.1 Å². The van der Waals surface area contributed by atoms with Crippen LogP contribution in [0.5, 0.6) is 0 Å². The van der Waals surface area contributed by atoms with Crippen molar-refractivity contribution in [2.75, 3.05) is 0 Å². The van der Waals surface area contributed by atoms with Crippen LogP contribution < -0.4 is 0 Å². The molecule has 0 spiro atoms. The van der Waals surface area contributed by atoms with Gasteiger partial charge in [0.1, 0.15) is 5.60 Å². The van der Waals surface area contributed by atoms with Crippen molar-refractivity contribution in [3.05, 3.63) is 64.7 Å². The smallest absolute Gasteiger partial charge is 0.193 e. The number of hydrogen-bond donors (Lipinski definition) is 0. The Labute approximate surface area is 178 Å². The highest BCUT2D eigenvalue weighted by atomic mass is 79.9. The molecule has 150 valence electrons. The molecule has 0 radical (unpaired) electrons. The van der Waals surface area contributed by atoms with Crippen LogP contribution in [0.1, 0.15) is 45.4 Å². The second-order valence-corrected chi connectivity index (χ2v) is 14.8. The first kappa shape index (κ1) is 21.3. The normalized spacial score (nSPS) is 15.0. The largest absolute Gasteiger partial charge is 0.402 e. The molecule has 5 heteroatoms. The van der Waals surface area contributed by atoms with E-state index in [1.54, 1.807) is 0 Å². The molecule has 1 atom stereocenters. The van der Waals surface area contributed by atoms with Crippen LogP contribution in [0.25, 0.3) is 10.8 Å². The summed E-state index contributed by atoms with van der Waals surface area (Å²) in [6.07, 6.45) is 4.80. The molecule has 0 aliphatic carbocycles. The minimum atomic E-state index is -2.08. The highest BCUT2D eigenvalue weighted by molar-refractivity contribution is 9.10. The van der Waals surface area contributed by atoms with Gasteiger partial charge in [-0.05, 0) is 53.0 Å². The Morgan fingerprint density at radius 1 is 1.14 bits per heavy atom. The summed E-state index contributed by atoms with van der Waals surface area (Å²) in [5, 5.41) is 2.53. The van der Waals surface area contributed by atoms with Crippen molar-refractivity contribution >= 4 is 35.0 Å². The molecule has 0 aliphatic heterocycles. The summed E-state index contributed by atoms with van der Waals surface area (Å²) in [7, 11) is -0.0627. The van der Waals surface area contributed by atoms with Crippen molar-refractivity contribution in [3.8, 4) is 0 Å². The third kappa shape index (κ3) is 3.72. The van der Waals surface area contributed by atoms with E-state index in [-0.39, 0.29) is 5.04 Å². The average molecular weight is 460 g/mol. The Kier molecular flexibility index (Phi) is 5.65. The first-order valence-electron chi connectivity index (χ1n) is 9.87. The van der Waals surface area contributed by atoms with Gasteiger partial charge in [-0.25, -0.2) is 4.98 Å². The maximum Gasteiger partial charge on any atom is 0.193 e. The molecular weight excluding hydrogens is 428 g/mol. The minimum absolute atomic E-state index is 0.105. The fourth-order valence-electron chi connectivity index (χ4n) is 3.50. The number of imidazole rings is 1. The third-order valence-electron chi connectivity index (χ3n) is 6.13. The molecule has 3 nitrogen and oxygen atoms in total. The summed E-state index contributed by atoms with van der Waals surface area (Å²) >= 11 is 3.66. The van der Waals surface area contributed by atoms with Crippen LogP contribution in [0.15, 0.2) is 53.4 Å². The van der Waals surface area contributed by atoms with Gasteiger partial charge in [-0.3, -0.25) is 0 Å².